The van der Waals surface area contributed by atoms with Crippen molar-refractivity contribution in [2.24, 2.45) is 44.1 Å². The fourth-order valence-electron chi connectivity index (χ4n) is 1.60. The number of aliphatic hydroxyl groups is 3. The first kappa shape index (κ1) is 25.8. The molecule has 5 atom stereocenters. The summed E-state index contributed by atoms with van der Waals surface area (Å²) in [6, 6.07) is 0. The Kier molecular flexibility index (Phi) is 10.4. The van der Waals surface area contributed by atoms with Gasteiger partial charge in [0.25, 0.3) is 0 Å². The maximum Gasteiger partial charge on any atom is 0.337 e. The van der Waals surface area contributed by atoms with E-state index < -0.39 is 60.0 Å². The molecule has 15 heteroatoms. The number of carbonyl (C=O) groups is 2. The van der Waals surface area contributed by atoms with Crippen LogP contribution in [0.3, 0.4) is 0 Å². The number of nitrogens with two attached hydrogens (primary N) is 3. The van der Waals surface area contributed by atoms with Crippen molar-refractivity contribution in [1.29, 1.82) is 5.41 Å². The largest absolute Gasteiger partial charge is 0.481 e. The Bertz CT molecular complexity index is 708. The number of carboxylic acid groups (broad SMARTS) is 2. The summed E-state index contributed by atoms with van der Waals surface area (Å²) in [5.41, 5.74) is 16.0. The number of rotatable bonds is 12. The van der Waals surface area contributed by atoms with Gasteiger partial charge >= 0.3 is 18.2 Å². The van der Waals surface area contributed by atoms with Crippen molar-refractivity contribution in [3.63, 3.8) is 0 Å². The lowest BCUT2D eigenvalue weighted by molar-refractivity contribution is -0.651. The third kappa shape index (κ3) is 9.04. The van der Waals surface area contributed by atoms with Gasteiger partial charge in [-0.25, -0.2) is 9.98 Å². The first-order chi connectivity index (χ1) is 13.3. The van der Waals surface area contributed by atoms with Crippen molar-refractivity contribution in [1.82, 2.24) is 0 Å². The normalized spacial score (nSPS) is 18.4. The third-order valence-electron chi connectivity index (χ3n) is 3.47. The van der Waals surface area contributed by atoms with E-state index in [1.165, 1.54) is 13.8 Å². The Morgan fingerprint density at radius 1 is 0.931 bits per heavy atom. The summed E-state index contributed by atoms with van der Waals surface area (Å²) in [6.45, 7) is 2.05. The summed E-state index contributed by atoms with van der Waals surface area (Å²) in [5, 5.41) is 58.2. The molecule has 0 heterocycles. The number of aliphatic hydroxyl groups excluding tert-OH is 3. The van der Waals surface area contributed by atoms with Crippen LogP contribution >= 0.6 is 0 Å². The number of amidine groups is 3. The quantitative estimate of drug-likeness (QED) is 0.0494. The van der Waals surface area contributed by atoms with Gasteiger partial charge in [0.2, 0.25) is 12.5 Å². The minimum atomic E-state index is -1.92. The van der Waals surface area contributed by atoms with E-state index in [1.54, 1.807) is 0 Å². The first-order valence-corrected chi connectivity index (χ1v) is 8.21. The Labute approximate surface area is 165 Å². The Hall–Kier alpha value is -3.17. The molecular formula is C14H27N8O7+. The molecule has 0 aliphatic rings. The van der Waals surface area contributed by atoms with Crippen LogP contribution in [-0.2, 0) is 9.59 Å². The van der Waals surface area contributed by atoms with E-state index in [1.807, 2.05) is 0 Å². The van der Waals surface area contributed by atoms with Crippen LogP contribution in [0.5, 0.6) is 0 Å². The summed E-state index contributed by atoms with van der Waals surface area (Å²) >= 11 is 0. The van der Waals surface area contributed by atoms with Gasteiger partial charge in [0.15, 0.2) is 12.4 Å². The zero-order valence-corrected chi connectivity index (χ0v) is 15.9. The average molecular weight is 419 g/mol. The smallest absolute Gasteiger partial charge is 0.337 e. The fourth-order valence-corrected chi connectivity index (χ4v) is 1.60. The lowest BCUT2D eigenvalue weighted by Crippen LogP contribution is -2.43. The SMILES string of the molecule is CC(CN=[N+](CC(C)C(=O)O)C(O)C(N)=NC(O)C(N)=NC(O)C(=N)N)C(=O)O. The van der Waals surface area contributed by atoms with Gasteiger partial charge in [-0.1, -0.05) is 4.70 Å². The first-order valence-electron chi connectivity index (χ1n) is 8.21. The van der Waals surface area contributed by atoms with Crippen molar-refractivity contribution in [2.45, 2.75) is 32.5 Å². The van der Waals surface area contributed by atoms with Gasteiger partial charge in [0.05, 0.1) is 5.92 Å². The summed E-state index contributed by atoms with van der Waals surface area (Å²) in [7, 11) is 0. The predicted molar refractivity (Wildman–Crippen MR) is 99.2 cm³/mol. The maximum atomic E-state index is 11.1. The van der Waals surface area contributed by atoms with Crippen LogP contribution in [0.1, 0.15) is 13.8 Å². The highest BCUT2D eigenvalue weighted by atomic mass is 16.4. The molecule has 0 aliphatic heterocycles. The monoisotopic (exact) mass is 419 g/mol. The van der Waals surface area contributed by atoms with E-state index in [4.69, 9.17) is 32.8 Å². The van der Waals surface area contributed by atoms with Crippen LogP contribution in [0.15, 0.2) is 15.1 Å². The van der Waals surface area contributed by atoms with Crippen molar-refractivity contribution >= 4 is 29.4 Å². The molecule has 0 amide bonds. The minimum Gasteiger partial charge on any atom is -0.481 e. The minimum absolute atomic E-state index is 0.289. The predicted octanol–water partition coefficient (Wildman–Crippen LogP) is -3.50. The molecule has 0 bridgehead atoms. The Balaban J connectivity index is 5.62. The number of hydrogen-bond donors (Lipinski definition) is 9. The van der Waals surface area contributed by atoms with Crippen molar-refractivity contribution < 1.29 is 39.8 Å². The van der Waals surface area contributed by atoms with Crippen LogP contribution in [0.25, 0.3) is 0 Å². The number of carboxylic acids is 2. The van der Waals surface area contributed by atoms with Crippen LogP contribution in [-0.4, -0.2) is 91.4 Å². The van der Waals surface area contributed by atoms with E-state index in [0.717, 1.165) is 4.70 Å². The van der Waals surface area contributed by atoms with E-state index in [0.29, 0.717) is 0 Å². The van der Waals surface area contributed by atoms with Gasteiger partial charge in [0.1, 0.15) is 24.1 Å². The number of nitrogens with zero attached hydrogens (tertiary/aromatic N) is 4. The average Bonchev–Trinajstić information content (AvgIpc) is 2.63. The zero-order chi connectivity index (χ0) is 22.9. The second-order valence-electron chi connectivity index (χ2n) is 6.11. The van der Waals surface area contributed by atoms with E-state index in [-0.39, 0.29) is 13.1 Å². The van der Waals surface area contributed by atoms with Gasteiger partial charge in [-0.2, -0.15) is 0 Å². The molecule has 0 fully saturated rings. The standard InChI is InChI=1S/C14H26N8O7/c1-5(13(26)27)3-19-22(4-6(2)14(28)29)12(25)9(18)21-11(24)8(17)20-10(23)7(15)16/h5-6,10-12,23-25H,3-4H2,1-2H3,(H8-,15,16,17,18,20,21,26,27,28,29)/p+1. The van der Waals surface area contributed by atoms with Gasteiger partial charge < -0.3 is 42.7 Å². The van der Waals surface area contributed by atoms with Crippen molar-refractivity contribution in [2.75, 3.05) is 13.1 Å². The molecule has 0 saturated heterocycles. The molecule has 29 heavy (non-hydrogen) atoms. The highest BCUT2D eigenvalue weighted by Crippen LogP contribution is 2.04. The van der Waals surface area contributed by atoms with Crippen molar-refractivity contribution in [3.8, 4) is 0 Å². The lowest BCUT2D eigenvalue weighted by atomic mass is 10.2. The van der Waals surface area contributed by atoms with Crippen molar-refractivity contribution in [3.05, 3.63) is 0 Å². The highest BCUT2D eigenvalue weighted by Gasteiger charge is 2.30. The summed E-state index contributed by atoms with van der Waals surface area (Å²) in [4.78, 5) is 28.8. The second-order valence-corrected chi connectivity index (χ2v) is 6.11. The van der Waals surface area contributed by atoms with Gasteiger partial charge in [-0.3, -0.25) is 15.0 Å². The summed E-state index contributed by atoms with van der Waals surface area (Å²) in [5.74, 6) is -6.33. The number of aliphatic imine (C=N–C) groups is 2. The lowest BCUT2D eigenvalue weighted by Gasteiger charge is -2.13. The molecule has 0 saturated carbocycles. The number of azo groups is 2. The molecule has 5 unspecified atom stereocenters. The summed E-state index contributed by atoms with van der Waals surface area (Å²) in [6.07, 6.45) is -5.56. The number of nitrogens with one attached hydrogen (secondary N) is 1. The van der Waals surface area contributed by atoms with Gasteiger partial charge in [-0.05, 0) is 19.0 Å². The van der Waals surface area contributed by atoms with Gasteiger partial charge in [0, 0.05) is 0 Å². The molecule has 0 aromatic rings. The van der Waals surface area contributed by atoms with Crippen LogP contribution in [0.4, 0.5) is 0 Å². The molecule has 0 spiro atoms. The van der Waals surface area contributed by atoms with Crippen LogP contribution < -0.4 is 17.2 Å². The maximum absolute atomic E-state index is 11.1. The fraction of sp³-hybridized carbons (Fsp3) is 0.643. The number of hydrogen-bond acceptors (Lipinski definition) is 9. The molecule has 0 aliphatic carbocycles. The Morgan fingerprint density at radius 3 is 1.86 bits per heavy atom. The van der Waals surface area contributed by atoms with Crippen LogP contribution in [0.2, 0.25) is 0 Å². The van der Waals surface area contributed by atoms with Crippen LogP contribution in [0, 0.1) is 17.2 Å². The topological polar surface area (TPSA) is 277 Å². The van der Waals surface area contributed by atoms with E-state index in [2.05, 4.69) is 15.1 Å². The molecule has 164 valence electrons. The molecular weight excluding hydrogens is 392 g/mol. The molecule has 0 aromatic carbocycles. The molecule has 12 N–H and O–H groups in total. The zero-order valence-electron chi connectivity index (χ0n) is 15.9. The Morgan fingerprint density at radius 2 is 1.41 bits per heavy atom. The molecule has 0 radical (unpaired) electrons. The third-order valence-corrected chi connectivity index (χ3v) is 3.47. The summed E-state index contributed by atoms with van der Waals surface area (Å²) < 4.78 is 0.821. The molecule has 15 nitrogen and oxygen atoms in total. The second kappa shape index (κ2) is 11.6. The van der Waals surface area contributed by atoms with Gasteiger partial charge in [-0.15, -0.1) is 0 Å². The van der Waals surface area contributed by atoms with E-state index >= 15 is 0 Å². The van der Waals surface area contributed by atoms with E-state index in [9.17, 15) is 24.9 Å². The number of aliphatic carboxylic acids is 2. The molecule has 0 rings (SSSR count). The highest BCUT2D eigenvalue weighted by molar-refractivity contribution is 5.91. The molecule has 0 aromatic heterocycles.